The van der Waals surface area contributed by atoms with Crippen molar-refractivity contribution in [3.8, 4) is 0 Å². The number of carbonyl (C=O) groups is 1. The highest BCUT2D eigenvalue weighted by Crippen LogP contribution is 2.07. The van der Waals surface area contributed by atoms with Gasteiger partial charge in [-0.15, -0.1) is 0 Å². The van der Waals surface area contributed by atoms with Crippen LogP contribution in [0.3, 0.4) is 0 Å². The minimum atomic E-state index is -0.432. The number of nitrogens with two attached hydrogens (primary N) is 1. The third kappa shape index (κ3) is 3.51. The zero-order valence-electron chi connectivity index (χ0n) is 9.78. The lowest BCUT2D eigenvalue weighted by atomic mass is 10.1. The van der Waals surface area contributed by atoms with E-state index in [0.29, 0.717) is 18.0 Å². The van der Waals surface area contributed by atoms with Crippen molar-refractivity contribution < 1.29 is 9.53 Å². The summed E-state index contributed by atoms with van der Waals surface area (Å²) < 4.78 is 5.01. The molecule has 0 fully saturated rings. The van der Waals surface area contributed by atoms with E-state index in [1.807, 2.05) is 13.8 Å². The Labute approximate surface area is 95.0 Å². The number of nitrogens with zero attached hydrogens (tertiary/aromatic N) is 1. The molecule has 0 aliphatic carbocycles. The summed E-state index contributed by atoms with van der Waals surface area (Å²) in [6.07, 6.45) is 1.51. The SMILES string of the molecule is COCC(C)(C)NC(=O)c1cc(N)ccn1. The molecule has 0 radical (unpaired) electrons. The maximum atomic E-state index is 11.8. The van der Waals surface area contributed by atoms with E-state index in [1.165, 1.54) is 12.3 Å². The molecular formula is C11H17N3O2. The molecule has 0 aliphatic heterocycles. The Morgan fingerprint density at radius 3 is 2.88 bits per heavy atom. The standard InChI is InChI=1S/C11H17N3O2/c1-11(2,7-16-3)14-10(15)9-6-8(12)4-5-13-9/h4-6H,7H2,1-3H3,(H2,12,13)(H,14,15). The topological polar surface area (TPSA) is 77.2 Å². The molecule has 5 heteroatoms. The van der Waals surface area contributed by atoms with Crippen molar-refractivity contribution >= 4 is 11.6 Å². The lowest BCUT2D eigenvalue weighted by molar-refractivity contribution is 0.0815. The Morgan fingerprint density at radius 1 is 1.62 bits per heavy atom. The van der Waals surface area contributed by atoms with Crippen molar-refractivity contribution in [2.45, 2.75) is 19.4 Å². The van der Waals surface area contributed by atoms with Gasteiger partial charge in [0.25, 0.3) is 5.91 Å². The van der Waals surface area contributed by atoms with Gasteiger partial charge in [0.1, 0.15) is 5.69 Å². The third-order valence-electron chi connectivity index (χ3n) is 1.97. The lowest BCUT2D eigenvalue weighted by Gasteiger charge is -2.24. The number of carbonyl (C=O) groups excluding carboxylic acids is 1. The van der Waals surface area contributed by atoms with E-state index >= 15 is 0 Å². The average molecular weight is 223 g/mol. The summed E-state index contributed by atoms with van der Waals surface area (Å²) in [4.78, 5) is 15.8. The second-order valence-corrected chi connectivity index (χ2v) is 4.25. The number of amides is 1. The number of methoxy groups -OCH3 is 1. The largest absolute Gasteiger partial charge is 0.399 e. The van der Waals surface area contributed by atoms with Gasteiger partial charge in [0.15, 0.2) is 0 Å². The molecule has 0 aromatic carbocycles. The van der Waals surface area contributed by atoms with E-state index < -0.39 is 5.54 Å². The van der Waals surface area contributed by atoms with Crippen LogP contribution in [-0.2, 0) is 4.74 Å². The minimum absolute atomic E-state index is 0.255. The van der Waals surface area contributed by atoms with Crippen LogP contribution in [0.4, 0.5) is 5.69 Å². The molecule has 0 bridgehead atoms. The zero-order chi connectivity index (χ0) is 12.2. The molecule has 0 atom stereocenters. The van der Waals surface area contributed by atoms with Crippen LogP contribution < -0.4 is 11.1 Å². The van der Waals surface area contributed by atoms with Crippen LogP contribution in [0, 0.1) is 0 Å². The van der Waals surface area contributed by atoms with Crippen LogP contribution in [0.25, 0.3) is 0 Å². The van der Waals surface area contributed by atoms with Crippen molar-refractivity contribution in [2.24, 2.45) is 0 Å². The van der Waals surface area contributed by atoms with Crippen LogP contribution in [-0.4, -0.2) is 30.1 Å². The Hall–Kier alpha value is -1.62. The molecule has 3 N–H and O–H groups in total. The number of hydrogen-bond donors (Lipinski definition) is 2. The van der Waals surface area contributed by atoms with Crippen LogP contribution in [0.2, 0.25) is 0 Å². The smallest absolute Gasteiger partial charge is 0.270 e. The van der Waals surface area contributed by atoms with Gasteiger partial charge in [-0.3, -0.25) is 9.78 Å². The number of aromatic nitrogens is 1. The summed E-state index contributed by atoms with van der Waals surface area (Å²) in [5, 5.41) is 2.82. The molecule has 1 aromatic heterocycles. The van der Waals surface area contributed by atoms with Gasteiger partial charge in [-0.05, 0) is 26.0 Å². The van der Waals surface area contributed by atoms with E-state index in [4.69, 9.17) is 10.5 Å². The first kappa shape index (κ1) is 12.4. The molecular weight excluding hydrogens is 206 g/mol. The summed E-state index contributed by atoms with van der Waals surface area (Å²) in [7, 11) is 1.59. The molecule has 1 heterocycles. The maximum Gasteiger partial charge on any atom is 0.270 e. The fraction of sp³-hybridized carbons (Fsp3) is 0.455. The van der Waals surface area contributed by atoms with Crippen molar-refractivity contribution in [2.75, 3.05) is 19.5 Å². The highest BCUT2D eigenvalue weighted by atomic mass is 16.5. The van der Waals surface area contributed by atoms with Crippen molar-refractivity contribution in [3.63, 3.8) is 0 Å². The van der Waals surface area contributed by atoms with Crippen molar-refractivity contribution in [1.82, 2.24) is 10.3 Å². The molecule has 5 nitrogen and oxygen atoms in total. The molecule has 16 heavy (non-hydrogen) atoms. The normalized spacial score (nSPS) is 11.2. The highest BCUT2D eigenvalue weighted by molar-refractivity contribution is 5.93. The lowest BCUT2D eigenvalue weighted by Crippen LogP contribution is -2.47. The van der Waals surface area contributed by atoms with Gasteiger partial charge in [-0.1, -0.05) is 0 Å². The second-order valence-electron chi connectivity index (χ2n) is 4.25. The fourth-order valence-electron chi connectivity index (χ4n) is 1.34. The zero-order valence-corrected chi connectivity index (χ0v) is 9.78. The van der Waals surface area contributed by atoms with E-state index in [9.17, 15) is 4.79 Å². The summed E-state index contributed by atoms with van der Waals surface area (Å²) in [6, 6.07) is 3.18. The number of nitrogen functional groups attached to an aromatic ring is 1. The van der Waals surface area contributed by atoms with Crippen molar-refractivity contribution in [1.29, 1.82) is 0 Å². The van der Waals surface area contributed by atoms with Gasteiger partial charge >= 0.3 is 0 Å². The molecule has 0 unspecified atom stereocenters. The summed E-state index contributed by atoms with van der Waals surface area (Å²) >= 11 is 0. The fourth-order valence-corrected chi connectivity index (χ4v) is 1.34. The van der Waals surface area contributed by atoms with Crippen LogP contribution in [0.1, 0.15) is 24.3 Å². The maximum absolute atomic E-state index is 11.8. The number of nitrogens with one attached hydrogen (secondary N) is 1. The number of ether oxygens (including phenoxy) is 1. The van der Waals surface area contributed by atoms with Crippen molar-refractivity contribution in [3.05, 3.63) is 24.0 Å². The van der Waals surface area contributed by atoms with Gasteiger partial charge in [0.2, 0.25) is 0 Å². The molecule has 0 aliphatic rings. The number of hydrogen-bond acceptors (Lipinski definition) is 4. The van der Waals surface area contributed by atoms with Gasteiger partial charge in [-0.25, -0.2) is 0 Å². The molecule has 0 saturated carbocycles. The van der Waals surface area contributed by atoms with Gasteiger partial charge < -0.3 is 15.8 Å². The third-order valence-corrected chi connectivity index (χ3v) is 1.97. The van der Waals surface area contributed by atoms with E-state index in [-0.39, 0.29) is 5.91 Å². The second kappa shape index (κ2) is 4.94. The summed E-state index contributed by atoms with van der Waals surface area (Å²) in [6.45, 7) is 4.18. The van der Waals surface area contributed by atoms with E-state index in [1.54, 1.807) is 13.2 Å². The number of rotatable bonds is 4. The average Bonchev–Trinajstić information content (AvgIpc) is 2.16. The Balaban J connectivity index is 2.72. The Bertz CT molecular complexity index is 377. The molecule has 0 saturated heterocycles. The summed E-state index contributed by atoms with van der Waals surface area (Å²) in [5.41, 5.74) is 5.97. The predicted molar refractivity (Wildman–Crippen MR) is 62.1 cm³/mol. The van der Waals surface area contributed by atoms with Gasteiger partial charge in [0.05, 0.1) is 12.1 Å². The van der Waals surface area contributed by atoms with Gasteiger partial charge in [0, 0.05) is 19.0 Å². The van der Waals surface area contributed by atoms with E-state index in [2.05, 4.69) is 10.3 Å². The van der Waals surface area contributed by atoms with Gasteiger partial charge in [-0.2, -0.15) is 0 Å². The minimum Gasteiger partial charge on any atom is -0.399 e. The Morgan fingerprint density at radius 2 is 2.31 bits per heavy atom. The molecule has 88 valence electrons. The van der Waals surface area contributed by atoms with Crippen LogP contribution in [0.5, 0.6) is 0 Å². The Kier molecular flexibility index (Phi) is 3.84. The molecule has 1 amide bonds. The van der Waals surface area contributed by atoms with Crippen LogP contribution in [0.15, 0.2) is 18.3 Å². The first-order chi connectivity index (χ1) is 7.44. The molecule has 1 aromatic rings. The number of anilines is 1. The predicted octanol–water partition coefficient (Wildman–Crippen LogP) is 0.819. The van der Waals surface area contributed by atoms with Crippen LogP contribution >= 0.6 is 0 Å². The molecule has 0 spiro atoms. The monoisotopic (exact) mass is 223 g/mol. The van der Waals surface area contributed by atoms with E-state index in [0.717, 1.165) is 0 Å². The quantitative estimate of drug-likeness (QED) is 0.792. The first-order valence-electron chi connectivity index (χ1n) is 4.97. The molecule has 1 rings (SSSR count). The first-order valence-corrected chi connectivity index (χ1v) is 4.97. The number of pyridine rings is 1. The highest BCUT2D eigenvalue weighted by Gasteiger charge is 2.21. The summed E-state index contributed by atoms with van der Waals surface area (Å²) in [5.74, 6) is -0.255.